The van der Waals surface area contributed by atoms with Gasteiger partial charge in [-0.1, -0.05) is 11.6 Å². The molecule has 6 heteroatoms. The molecule has 3 N–H and O–H groups in total. The largest absolute Gasteiger partial charge is 0.357 e. The summed E-state index contributed by atoms with van der Waals surface area (Å²) in [5, 5.41) is 9.92. The molecule has 0 radical (unpaired) electrons. The average Bonchev–Trinajstić information content (AvgIpc) is 2.42. The number of hydrogen-bond acceptors (Lipinski definition) is 2. The average molecular weight is 325 g/mol. The lowest BCUT2D eigenvalue weighted by Gasteiger charge is -2.23. The predicted molar refractivity (Wildman–Crippen MR) is 92.7 cm³/mol. The zero-order chi connectivity index (χ0) is 16.6. The van der Waals surface area contributed by atoms with E-state index in [1.807, 2.05) is 6.92 Å². The van der Waals surface area contributed by atoms with E-state index < -0.39 is 0 Å². The number of nitrogens with one attached hydrogen (secondary N) is 3. The molecule has 0 aliphatic rings. The summed E-state index contributed by atoms with van der Waals surface area (Å²) < 4.78 is 0. The third-order valence-corrected chi connectivity index (χ3v) is 2.86. The molecule has 1 rings (SSSR count). The van der Waals surface area contributed by atoms with Crippen molar-refractivity contribution in [2.45, 2.75) is 33.2 Å². The molecule has 0 fully saturated rings. The molecule has 0 unspecified atom stereocenters. The molecule has 0 aliphatic heterocycles. The third kappa shape index (κ3) is 7.31. The molecule has 1 aromatic rings. The van der Waals surface area contributed by atoms with Crippen molar-refractivity contribution in [3.63, 3.8) is 0 Å². The highest BCUT2D eigenvalue weighted by Gasteiger charge is 2.11. The first kappa shape index (κ1) is 18.3. The van der Waals surface area contributed by atoms with E-state index in [1.54, 1.807) is 24.3 Å². The number of amides is 1. The van der Waals surface area contributed by atoms with Crippen LogP contribution in [0.4, 0.5) is 0 Å². The summed E-state index contributed by atoms with van der Waals surface area (Å²) in [7, 11) is 0. The SMILES string of the molecule is CCNC(=NCCNC(=O)c1ccc(Cl)cc1)NC(C)(C)C. The molecule has 0 aliphatic carbocycles. The fourth-order valence-electron chi connectivity index (χ4n) is 1.70. The third-order valence-electron chi connectivity index (χ3n) is 2.61. The van der Waals surface area contributed by atoms with Crippen molar-refractivity contribution in [2.75, 3.05) is 19.6 Å². The van der Waals surface area contributed by atoms with Crippen LogP contribution in [0.3, 0.4) is 0 Å². The molecule has 0 atom stereocenters. The molecule has 1 amide bonds. The summed E-state index contributed by atoms with van der Waals surface area (Å²) in [4.78, 5) is 16.4. The van der Waals surface area contributed by atoms with E-state index in [0.717, 1.165) is 12.5 Å². The van der Waals surface area contributed by atoms with Gasteiger partial charge in [0, 0.05) is 29.2 Å². The monoisotopic (exact) mass is 324 g/mol. The Morgan fingerprint density at radius 3 is 2.36 bits per heavy atom. The molecular formula is C16H25ClN4O. The first-order valence-electron chi connectivity index (χ1n) is 7.42. The van der Waals surface area contributed by atoms with Crippen LogP contribution in [0.25, 0.3) is 0 Å². The number of aliphatic imine (C=N–C) groups is 1. The van der Waals surface area contributed by atoms with Crippen LogP contribution in [0, 0.1) is 0 Å². The molecule has 0 aromatic heterocycles. The summed E-state index contributed by atoms with van der Waals surface area (Å²) in [6.45, 7) is 10.0. The highest BCUT2D eigenvalue weighted by Crippen LogP contribution is 2.09. The van der Waals surface area contributed by atoms with E-state index in [2.05, 4.69) is 41.7 Å². The lowest BCUT2D eigenvalue weighted by molar-refractivity contribution is 0.0955. The Bertz CT molecular complexity index is 506. The molecule has 122 valence electrons. The smallest absolute Gasteiger partial charge is 0.251 e. The summed E-state index contributed by atoms with van der Waals surface area (Å²) in [6, 6.07) is 6.80. The van der Waals surface area contributed by atoms with Crippen LogP contribution in [0.15, 0.2) is 29.3 Å². The Hall–Kier alpha value is -1.75. The summed E-state index contributed by atoms with van der Waals surface area (Å²) in [6.07, 6.45) is 0. The van der Waals surface area contributed by atoms with E-state index in [-0.39, 0.29) is 11.4 Å². The maximum atomic E-state index is 11.9. The molecule has 0 bridgehead atoms. The Morgan fingerprint density at radius 2 is 1.82 bits per heavy atom. The van der Waals surface area contributed by atoms with Crippen LogP contribution >= 0.6 is 11.6 Å². The van der Waals surface area contributed by atoms with Gasteiger partial charge in [0.15, 0.2) is 5.96 Å². The normalized spacial score (nSPS) is 12.0. The van der Waals surface area contributed by atoms with E-state index >= 15 is 0 Å². The first-order chi connectivity index (χ1) is 10.3. The molecule has 0 saturated carbocycles. The molecule has 0 saturated heterocycles. The fourth-order valence-corrected chi connectivity index (χ4v) is 1.83. The number of rotatable bonds is 5. The van der Waals surface area contributed by atoms with Crippen LogP contribution in [0.5, 0.6) is 0 Å². The first-order valence-corrected chi connectivity index (χ1v) is 7.80. The van der Waals surface area contributed by atoms with Crippen molar-refractivity contribution in [3.05, 3.63) is 34.9 Å². The topological polar surface area (TPSA) is 65.5 Å². The van der Waals surface area contributed by atoms with Gasteiger partial charge in [0.2, 0.25) is 0 Å². The minimum absolute atomic E-state index is 0.0619. The van der Waals surface area contributed by atoms with Crippen LogP contribution in [-0.4, -0.2) is 37.0 Å². The van der Waals surface area contributed by atoms with E-state index in [1.165, 1.54) is 0 Å². The standard InChI is InChI=1S/C16H25ClN4O/c1-5-18-15(21-16(2,3)4)20-11-10-19-14(22)12-6-8-13(17)9-7-12/h6-9H,5,10-11H2,1-4H3,(H,19,22)(H2,18,20,21). The van der Waals surface area contributed by atoms with Gasteiger partial charge in [-0.25, -0.2) is 0 Å². The van der Waals surface area contributed by atoms with Gasteiger partial charge >= 0.3 is 0 Å². The molecular weight excluding hydrogens is 300 g/mol. The predicted octanol–water partition coefficient (Wildman–Crippen LogP) is 2.42. The van der Waals surface area contributed by atoms with Crippen molar-refractivity contribution in [1.82, 2.24) is 16.0 Å². The number of hydrogen-bond donors (Lipinski definition) is 3. The highest BCUT2D eigenvalue weighted by atomic mass is 35.5. The van der Waals surface area contributed by atoms with Crippen LogP contribution in [-0.2, 0) is 0 Å². The van der Waals surface area contributed by atoms with Crippen molar-refractivity contribution in [1.29, 1.82) is 0 Å². The Morgan fingerprint density at radius 1 is 1.18 bits per heavy atom. The molecule has 0 heterocycles. The van der Waals surface area contributed by atoms with Gasteiger partial charge in [0.05, 0.1) is 6.54 Å². The zero-order valence-corrected chi connectivity index (χ0v) is 14.4. The van der Waals surface area contributed by atoms with Crippen molar-refractivity contribution < 1.29 is 4.79 Å². The molecule has 22 heavy (non-hydrogen) atoms. The van der Waals surface area contributed by atoms with E-state index in [4.69, 9.17) is 11.6 Å². The number of carbonyl (C=O) groups is 1. The minimum Gasteiger partial charge on any atom is -0.357 e. The second-order valence-corrected chi connectivity index (χ2v) is 6.33. The number of halogens is 1. The number of guanidine groups is 1. The summed E-state index contributed by atoms with van der Waals surface area (Å²) in [5.74, 6) is 0.622. The quantitative estimate of drug-likeness (QED) is 0.443. The number of benzene rings is 1. The molecule has 5 nitrogen and oxygen atoms in total. The maximum Gasteiger partial charge on any atom is 0.251 e. The lowest BCUT2D eigenvalue weighted by Crippen LogP contribution is -2.47. The summed E-state index contributed by atoms with van der Waals surface area (Å²) >= 11 is 5.80. The maximum absolute atomic E-state index is 11.9. The van der Waals surface area contributed by atoms with E-state index in [0.29, 0.717) is 23.7 Å². The van der Waals surface area contributed by atoms with Crippen LogP contribution in [0.1, 0.15) is 38.1 Å². The lowest BCUT2D eigenvalue weighted by atomic mass is 10.1. The van der Waals surface area contributed by atoms with Crippen LogP contribution in [0.2, 0.25) is 5.02 Å². The van der Waals surface area contributed by atoms with Gasteiger partial charge < -0.3 is 16.0 Å². The molecule has 1 aromatic carbocycles. The fraction of sp³-hybridized carbons (Fsp3) is 0.500. The number of carbonyl (C=O) groups excluding carboxylic acids is 1. The van der Waals surface area contributed by atoms with Crippen molar-refractivity contribution in [3.8, 4) is 0 Å². The van der Waals surface area contributed by atoms with Crippen molar-refractivity contribution >= 4 is 23.5 Å². The minimum atomic E-state index is -0.124. The zero-order valence-electron chi connectivity index (χ0n) is 13.7. The second-order valence-electron chi connectivity index (χ2n) is 5.90. The Labute approximate surface area is 137 Å². The second kappa shape index (κ2) is 8.63. The summed E-state index contributed by atoms with van der Waals surface area (Å²) in [5.41, 5.74) is 0.529. The van der Waals surface area contributed by atoms with Crippen LogP contribution < -0.4 is 16.0 Å². The van der Waals surface area contributed by atoms with Gasteiger partial charge in [0.1, 0.15) is 0 Å². The molecule has 0 spiro atoms. The Kier molecular flexibility index (Phi) is 7.18. The van der Waals surface area contributed by atoms with E-state index in [9.17, 15) is 4.79 Å². The van der Waals surface area contributed by atoms with Crippen molar-refractivity contribution in [2.24, 2.45) is 4.99 Å². The van der Waals surface area contributed by atoms with Gasteiger partial charge in [-0.15, -0.1) is 0 Å². The Balaban J connectivity index is 2.45. The van der Waals surface area contributed by atoms with Gasteiger partial charge in [-0.2, -0.15) is 0 Å². The van der Waals surface area contributed by atoms with Gasteiger partial charge in [-0.05, 0) is 52.0 Å². The van der Waals surface area contributed by atoms with Gasteiger partial charge in [-0.3, -0.25) is 9.79 Å². The number of nitrogens with zero attached hydrogens (tertiary/aromatic N) is 1. The van der Waals surface area contributed by atoms with Gasteiger partial charge in [0.25, 0.3) is 5.91 Å². The highest BCUT2D eigenvalue weighted by molar-refractivity contribution is 6.30.